The minimum Gasteiger partial charge on any atom is -0.311 e. The van der Waals surface area contributed by atoms with E-state index in [1.54, 1.807) is 12.4 Å². The average molecular weight is 275 g/mol. The molecular weight excluding hydrogens is 260 g/mol. The van der Waals surface area contributed by atoms with Crippen molar-refractivity contribution in [1.82, 2.24) is 10.3 Å². The van der Waals surface area contributed by atoms with Crippen LogP contribution in [0.15, 0.2) is 18.5 Å². The van der Waals surface area contributed by atoms with Crippen LogP contribution in [0.4, 0.5) is 0 Å². The normalized spacial score (nSPS) is 20.9. The van der Waals surface area contributed by atoms with Gasteiger partial charge in [-0.2, -0.15) is 23.5 Å². The third-order valence-electron chi connectivity index (χ3n) is 2.43. The van der Waals surface area contributed by atoms with E-state index in [1.807, 2.05) is 6.07 Å². The van der Waals surface area contributed by atoms with Gasteiger partial charge in [0.05, 0.1) is 5.02 Å². The van der Waals surface area contributed by atoms with E-state index < -0.39 is 0 Å². The molecule has 2 rings (SSSR count). The van der Waals surface area contributed by atoms with Crippen LogP contribution in [-0.4, -0.2) is 34.0 Å². The van der Waals surface area contributed by atoms with E-state index in [9.17, 15) is 0 Å². The molecule has 5 heteroatoms. The lowest BCUT2D eigenvalue weighted by Crippen LogP contribution is -2.28. The van der Waals surface area contributed by atoms with Crippen molar-refractivity contribution in [3.05, 3.63) is 29.0 Å². The van der Waals surface area contributed by atoms with Crippen molar-refractivity contribution in [2.75, 3.05) is 23.8 Å². The number of nitrogens with one attached hydrogen (secondary N) is 1. The molecule has 0 radical (unpaired) electrons. The van der Waals surface area contributed by atoms with Crippen LogP contribution in [0.1, 0.15) is 5.56 Å². The summed E-state index contributed by atoms with van der Waals surface area (Å²) < 4.78 is 0. The third-order valence-corrected chi connectivity index (χ3v) is 5.61. The maximum Gasteiger partial charge on any atom is 0.0634 e. The Bertz CT molecular complexity index is 330. The molecule has 2 heterocycles. The van der Waals surface area contributed by atoms with Gasteiger partial charge in [-0.05, 0) is 11.6 Å². The number of thioether (sulfide) groups is 2. The SMILES string of the molecule is Clc1cnccc1CNCC1CSCCS1. The van der Waals surface area contributed by atoms with Crippen molar-refractivity contribution in [3.8, 4) is 0 Å². The number of aromatic nitrogens is 1. The minimum atomic E-state index is 0.749. The van der Waals surface area contributed by atoms with Crippen molar-refractivity contribution < 1.29 is 0 Å². The molecular formula is C11H15ClN2S2. The Hall–Kier alpha value is 0.1000. The molecule has 1 aromatic rings. The monoisotopic (exact) mass is 274 g/mol. The quantitative estimate of drug-likeness (QED) is 0.913. The van der Waals surface area contributed by atoms with Crippen molar-refractivity contribution in [1.29, 1.82) is 0 Å². The van der Waals surface area contributed by atoms with Crippen LogP contribution in [0.2, 0.25) is 5.02 Å². The van der Waals surface area contributed by atoms with Gasteiger partial charge in [-0.15, -0.1) is 0 Å². The molecule has 1 aromatic heterocycles. The molecule has 0 spiro atoms. The molecule has 2 nitrogen and oxygen atoms in total. The van der Waals surface area contributed by atoms with Gasteiger partial charge in [-0.1, -0.05) is 11.6 Å². The molecule has 0 aliphatic carbocycles. The zero-order valence-corrected chi connectivity index (χ0v) is 11.4. The van der Waals surface area contributed by atoms with E-state index in [-0.39, 0.29) is 0 Å². The van der Waals surface area contributed by atoms with Crippen LogP contribution in [-0.2, 0) is 6.54 Å². The first-order valence-electron chi connectivity index (χ1n) is 5.34. The summed E-state index contributed by atoms with van der Waals surface area (Å²) in [5.41, 5.74) is 1.13. The molecule has 1 atom stereocenters. The minimum absolute atomic E-state index is 0.749. The van der Waals surface area contributed by atoms with E-state index in [0.717, 1.165) is 28.9 Å². The van der Waals surface area contributed by atoms with Crippen molar-refractivity contribution in [2.24, 2.45) is 0 Å². The average Bonchev–Trinajstić information content (AvgIpc) is 2.33. The summed E-state index contributed by atoms with van der Waals surface area (Å²) >= 11 is 10.2. The van der Waals surface area contributed by atoms with Gasteiger partial charge in [0.25, 0.3) is 0 Å². The summed E-state index contributed by atoms with van der Waals surface area (Å²) in [6, 6.07) is 1.97. The Kier molecular flexibility index (Phi) is 5.29. The first-order chi connectivity index (χ1) is 7.86. The molecule has 1 unspecified atom stereocenters. The maximum absolute atomic E-state index is 6.03. The summed E-state index contributed by atoms with van der Waals surface area (Å²) in [4.78, 5) is 3.98. The Labute approximate surface area is 110 Å². The van der Waals surface area contributed by atoms with Gasteiger partial charge in [-0.25, -0.2) is 0 Å². The highest BCUT2D eigenvalue weighted by Crippen LogP contribution is 2.23. The van der Waals surface area contributed by atoms with Gasteiger partial charge in [0.1, 0.15) is 0 Å². The fraction of sp³-hybridized carbons (Fsp3) is 0.545. The molecule has 0 amide bonds. The van der Waals surface area contributed by atoms with E-state index in [1.165, 1.54) is 17.3 Å². The van der Waals surface area contributed by atoms with Crippen molar-refractivity contribution >= 4 is 35.1 Å². The molecule has 1 N–H and O–H groups in total. The molecule has 1 saturated heterocycles. The predicted octanol–water partition coefficient (Wildman–Crippen LogP) is 2.67. The van der Waals surface area contributed by atoms with Crippen LogP contribution in [0.25, 0.3) is 0 Å². The lowest BCUT2D eigenvalue weighted by atomic mass is 10.2. The number of hydrogen-bond acceptors (Lipinski definition) is 4. The molecule has 1 aliphatic rings. The largest absolute Gasteiger partial charge is 0.311 e. The second-order valence-corrected chi connectivity index (χ2v) is 6.63. The van der Waals surface area contributed by atoms with Crippen LogP contribution in [0, 0.1) is 0 Å². The predicted molar refractivity (Wildman–Crippen MR) is 74.5 cm³/mol. The molecule has 1 fully saturated rings. The van der Waals surface area contributed by atoms with Crippen LogP contribution < -0.4 is 5.32 Å². The fourth-order valence-electron chi connectivity index (χ4n) is 1.57. The molecule has 1 aliphatic heterocycles. The Morgan fingerprint density at radius 3 is 3.19 bits per heavy atom. The van der Waals surface area contributed by atoms with Crippen LogP contribution >= 0.6 is 35.1 Å². The van der Waals surface area contributed by atoms with E-state index in [0.29, 0.717) is 0 Å². The smallest absolute Gasteiger partial charge is 0.0634 e. The zero-order valence-electron chi connectivity index (χ0n) is 8.99. The van der Waals surface area contributed by atoms with E-state index in [4.69, 9.17) is 11.6 Å². The first kappa shape index (κ1) is 12.6. The van der Waals surface area contributed by atoms with Crippen LogP contribution in [0.3, 0.4) is 0 Å². The van der Waals surface area contributed by atoms with Gasteiger partial charge in [0.15, 0.2) is 0 Å². The number of nitrogens with zero attached hydrogens (tertiary/aromatic N) is 1. The number of hydrogen-bond donors (Lipinski definition) is 1. The Morgan fingerprint density at radius 2 is 2.44 bits per heavy atom. The highest BCUT2D eigenvalue weighted by Gasteiger charge is 2.13. The van der Waals surface area contributed by atoms with Crippen molar-refractivity contribution in [3.63, 3.8) is 0 Å². The van der Waals surface area contributed by atoms with E-state index >= 15 is 0 Å². The summed E-state index contributed by atoms with van der Waals surface area (Å²) in [5.74, 6) is 3.85. The van der Waals surface area contributed by atoms with Gasteiger partial charge >= 0.3 is 0 Å². The second kappa shape index (κ2) is 6.74. The zero-order chi connectivity index (χ0) is 11.2. The van der Waals surface area contributed by atoms with Gasteiger partial charge < -0.3 is 5.32 Å². The summed E-state index contributed by atoms with van der Waals surface area (Å²) in [7, 11) is 0. The lowest BCUT2D eigenvalue weighted by Gasteiger charge is -2.21. The lowest BCUT2D eigenvalue weighted by molar-refractivity contribution is 0.686. The summed E-state index contributed by atoms with van der Waals surface area (Å²) in [5, 5.41) is 4.97. The highest BCUT2D eigenvalue weighted by molar-refractivity contribution is 8.06. The standard InChI is InChI=1S/C11H15ClN2S2/c12-11-7-13-2-1-9(11)5-14-6-10-8-15-3-4-16-10/h1-2,7,10,14H,3-6,8H2. The van der Waals surface area contributed by atoms with E-state index in [2.05, 4.69) is 33.8 Å². The van der Waals surface area contributed by atoms with Gasteiger partial charge in [0, 0.05) is 48.0 Å². The molecule has 88 valence electrons. The topological polar surface area (TPSA) is 24.9 Å². The van der Waals surface area contributed by atoms with Crippen LogP contribution in [0.5, 0.6) is 0 Å². The summed E-state index contributed by atoms with van der Waals surface area (Å²) in [6.07, 6.45) is 3.48. The van der Waals surface area contributed by atoms with Gasteiger partial charge in [-0.3, -0.25) is 4.98 Å². The third kappa shape index (κ3) is 3.84. The second-order valence-electron chi connectivity index (χ2n) is 3.67. The Morgan fingerprint density at radius 1 is 1.50 bits per heavy atom. The first-order valence-corrected chi connectivity index (χ1v) is 7.93. The highest BCUT2D eigenvalue weighted by atomic mass is 35.5. The Balaban J connectivity index is 1.73. The maximum atomic E-state index is 6.03. The molecule has 0 bridgehead atoms. The number of rotatable bonds is 4. The molecule has 0 aromatic carbocycles. The number of pyridine rings is 1. The summed E-state index contributed by atoms with van der Waals surface area (Å²) in [6.45, 7) is 1.90. The van der Waals surface area contributed by atoms with Crippen molar-refractivity contribution in [2.45, 2.75) is 11.8 Å². The number of halogens is 1. The van der Waals surface area contributed by atoms with Gasteiger partial charge in [0.2, 0.25) is 0 Å². The molecule has 0 saturated carbocycles. The molecule has 16 heavy (non-hydrogen) atoms. The fourth-order valence-corrected chi connectivity index (χ4v) is 4.40.